The van der Waals surface area contributed by atoms with Gasteiger partial charge in [-0.3, -0.25) is 9.18 Å². The summed E-state index contributed by atoms with van der Waals surface area (Å²) in [6.45, 7) is -0.0827. The zero-order chi connectivity index (χ0) is 11.5. The number of carbonyl (C=O) groups is 1. The Morgan fingerprint density at radius 2 is 2.31 bits per heavy atom. The van der Waals surface area contributed by atoms with Crippen molar-refractivity contribution >= 4 is 17.3 Å². The van der Waals surface area contributed by atoms with E-state index >= 15 is 0 Å². The molecule has 0 bridgehead atoms. The molecule has 0 saturated heterocycles. The van der Waals surface area contributed by atoms with Crippen molar-refractivity contribution in [3.63, 3.8) is 0 Å². The van der Waals surface area contributed by atoms with E-state index in [2.05, 4.69) is 0 Å². The predicted octanol–water partition coefficient (Wildman–Crippen LogP) is 1.35. The zero-order valence-electron chi connectivity index (χ0n) is 8.78. The lowest BCUT2D eigenvalue weighted by atomic mass is 10.2. The van der Waals surface area contributed by atoms with Gasteiger partial charge in [0.2, 0.25) is 0 Å². The molecule has 0 aromatic heterocycles. The van der Waals surface area contributed by atoms with Gasteiger partial charge < -0.3 is 15.4 Å². The van der Waals surface area contributed by atoms with Gasteiger partial charge in [0.25, 0.3) is 5.91 Å². The lowest BCUT2D eigenvalue weighted by Crippen LogP contribution is -2.39. The molecule has 2 N–H and O–H groups in total. The summed E-state index contributed by atoms with van der Waals surface area (Å²) in [5, 5.41) is 0. The van der Waals surface area contributed by atoms with Gasteiger partial charge in [0.05, 0.1) is 12.4 Å². The van der Waals surface area contributed by atoms with Crippen molar-refractivity contribution in [2.45, 2.75) is 6.42 Å². The van der Waals surface area contributed by atoms with Crippen LogP contribution in [-0.2, 0) is 4.79 Å². The van der Waals surface area contributed by atoms with Gasteiger partial charge in [-0.15, -0.1) is 0 Å². The monoisotopic (exact) mass is 224 g/mol. The molecule has 1 aliphatic rings. The van der Waals surface area contributed by atoms with E-state index in [0.717, 1.165) is 0 Å². The molecule has 0 saturated carbocycles. The maximum Gasteiger partial charge on any atom is 0.265 e. The van der Waals surface area contributed by atoms with Crippen molar-refractivity contribution in [1.82, 2.24) is 0 Å². The lowest BCUT2D eigenvalue weighted by Gasteiger charge is -2.29. The van der Waals surface area contributed by atoms with Gasteiger partial charge in [0.15, 0.2) is 6.61 Å². The molecule has 5 heteroatoms. The molecule has 0 unspecified atom stereocenters. The molecule has 1 amide bonds. The summed E-state index contributed by atoms with van der Waals surface area (Å²) in [6, 6.07) is 5.10. The second-order valence-electron chi connectivity index (χ2n) is 3.60. The van der Waals surface area contributed by atoms with Crippen molar-refractivity contribution < 1.29 is 13.9 Å². The van der Waals surface area contributed by atoms with E-state index in [9.17, 15) is 9.18 Å². The summed E-state index contributed by atoms with van der Waals surface area (Å²) in [6.07, 6.45) is 0.319. The number of hydrogen-bond acceptors (Lipinski definition) is 3. The fourth-order valence-electron chi connectivity index (χ4n) is 1.68. The first-order valence-electron chi connectivity index (χ1n) is 5.11. The molecule has 0 atom stereocenters. The molecule has 0 spiro atoms. The third-order valence-electron chi connectivity index (χ3n) is 2.44. The Morgan fingerprint density at radius 3 is 3.06 bits per heavy atom. The molecule has 0 radical (unpaired) electrons. The van der Waals surface area contributed by atoms with Crippen LogP contribution in [0.4, 0.5) is 15.8 Å². The lowest BCUT2D eigenvalue weighted by molar-refractivity contribution is -0.121. The van der Waals surface area contributed by atoms with Crippen molar-refractivity contribution in [3.05, 3.63) is 18.2 Å². The highest BCUT2D eigenvalue weighted by atomic mass is 19.1. The van der Waals surface area contributed by atoms with E-state index in [0.29, 0.717) is 30.1 Å². The molecule has 1 heterocycles. The Kier molecular flexibility index (Phi) is 2.94. The molecule has 1 aromatic carbocycles. The minimum Gasteiger partial charge on any atom is -0.482 e. The number of amides is 1. The highest BCUT2D eigenvalue weighted by molar-refractivity contribution is 5.98. The fraction of sp³-hybridized carbons (Fsp3) is 0.364. The van der Waals surface area contributed by atoms with Crippen LogP contribution in [0.25, 0.3) is 0 Å². The number of carbonyl (C=O) groups excluding carboxylic acids is 1. The number of hydrogen-bond donors (Lipinski definition) is 1. The highest BCUT2D eigenvalue weighted by Gasteiger charge is 2.24. The summed E-state index contributed by atoms with van der Waals surface area (Å²) in [7, 11) is 0. The van der Waals surface area contributed by atoms with Gasteiger partial charge in [0.1, 0.15) is 5.75 Å². The summed E-state index contributed by atoms with van der Waals surface area (Å²) in [4.78, 5) is 13.1. The number of nitrogens with two attached hydrogens (primary N) is 1. The fourth-order valence-corrected chi connectivity index (χ4v) is 1.68. The largest absolute Gasteiger partial charge is 0.482 e. The molecule has 2 rings (SSSR count). The van der Waals surface area contributed by atoms with E-state index in [1.54, 1.807) is 18.2 Å². The van der Waals surface area contributed by atoms with Gasteiger partial charge in [-0.1, -0.05) is 0 Å². The van der Waals surface area contributed by atoms with E-state index in [-0.39, 0.29) is 12.5 Å². The van der Waals surface area contributed by atoms with Gasteiger partial charge in [-0.25, -0.2) is 0 Å². The number of anilines is 2. The molecule has 4 nitrogen and oxygen atoms in total. The van der Waals surface area contributed by atoms with Crippen LogP contribution in [-0.4, -0.2) is 25.7 Å². The minimum atomic E-state index is -0.442. The number of fused-ring (bicyclic) bond motifs is 1. The van der Waals surface area contributed by atoms with E-state index < -0.39 is 6.67 Å². The summed E-state index contributed by atoms with van der Waals surface area (Å²) in [5.74, 6) is 0.458. The van der Waals surface area contributed by atoms with Crippen LogP contribution in [0.1, 0.15) is 6.42 Å². The van der Waals surface area contributed by atoms with E-state index in [1.165, 1.54) is 4.90 Å². The average Bonchev–Trinajstić information content (AvgIpc) is 2.28. The molecular weight excluding hydrogens is 211 g/mol. The van der Waals surface area contributed by atoms with Crippen LogP contribution in [0.5, 0.6) is 5.75 Å². The standard InChI is InChI=1S/C11H13FN2O2/c12-4-1-5-14-9-6-8(13)2-3-10(9)16-7-11(14)15/h2-3,6H,1,4-5,7,13H2. The number of rotatable bonds is 3. The van der Waals surface area contributed by atoms with Gasteiger partial charge in [0, 0.05) is 12.2 Å². The summed E-state index contributed by atoms with van der Waals surface area (Å²) < 4.78 is 17.4. The number of nitrogen functional groups attached to an aromatic ring is 1. The zero-order valence-corrected chi connectivity index (χ0v) is 8.78. The van der Waals surface area contributed by atoms with E-state index in [4.69, 9.17) is 10.5 Å². The number of ether oxygens (including phenoxy) is 1. The van der Waals surface area contributed by atoms with Crippen LogP contribution in [0.3, 0.4) is 0 Å². The van der Waals surface area contributed by atoms with Crippen LogP contribution in [0.2, 0.25) is 0 Å². The third-order valence-corrected chi connectivity index (χ3v) is 2.44. The second-order valence-corrected chi connectivity index (χ2v) is 3.60. The Bertz CT molecular complexity index is 409. The first kappa shape index (κ1) is 10.7. The Morgan fingerprint density at radius 1 is 1.50 bits per heavy atom. The summed E-state index contributed by atoms with van der Waals surface area (Å²) >= 11 is 0. The molecule has 0 fully saturated rings. The third kappa shape index (κ3) is 1.93. The predicted molar refractivity (Wildman–Crippen MR) is 59.3 cm³/mol. The van der Waals surface area contributed by atoms with Crippen molar-refractivity contribution in [2.75, 3.05) is 30.5 Å². The van der Waals surface area contributed by atoms with Gasteiger partial charge >= 0.3 is 0 Å². The Balaban J connectivity index is 2.31. The topological polar surface area (TPSA) is 55.6 Å². The molecule has 0 aliphatic carbocycles. The number of alkyl halides is 1. The number of halogens is 1. The van der Waals surface area contributed by atoms with Crippen molar-refractivity contribution in [3.8, 4) is 5.75 Å². The number of benzene rings is 1. The quantitative estimate of drug-likeness (QED) is 0.788. The molecule has 1 aliphatic heterocycles. The molecular formula is C11H13FN2O2. The Hall–Kier alpha value is -1.78. The first-order valence-corrected chi connectivity index (χ1v) is 5.11. The van der Waals surface area contributed by atoms with Gasteiger partial charge in [-0.2, -0.15) is 0 Å². The highest BCUT2D eigenvalue weighted by Crippen LogP contribution is 2.33. The van der Waals surface area contributed by atoms with Crippen molar-refractivity contribution in [2.24, 2.45) is 0 Å². The Labute approximate surface area is 92.8 Å². The van der Waals surface area contributed by atoms with Crippen LogP contribution in [0, 0.1) is 0 Å². The molecule has 1 aromatic rings. The van der Waals surface area contributed by atoms with Crippen molar-refractivity contribution in [1.29, 1.82) is 0 Å². The maximum absolute atomic E-state index is 12.1. The smallest absolute Gasteiger partial charge is 0.265 e. The molecule has 86 valence electrons. The maximum atomic E-state index is 12.1. The minimum absolute atomic E-state index is 0.00318. The average molecular weight is 224 g/mol. The van der Waals surface area contributed by atoms with Crippen LogP contribution in [0.15, 0.2) is 18.2 Å². The van der Waals surface area contributed by atoms with E-state index in [1.807, 2.05) is 0 Å². The SMILES string of the molecule is Nc1ccc2c(c1)N(CCCF)C(=O)CO2. The van der Waals surface area contributed by atoms with Crippen LogP contribution >= 0.6 is 0 Å². The first-order chi connectivity index (χ1) is 7.72. The normalized spacial score (nSPS) is 14.6. The number of nitrogens with zero attached hydrogens (tertiary/aromatic N) is 1. The molecule has 16 heavy (non-hydrogen) atoms. The summed E-state index contributed by atoms with van der Waals surface area (Å²) in [5.41, 5.74) is 6.84. The van der Waals surface area contributed by atoms with Crippen LogP contribution < -0.4 is 15.4 Å². The second kappa shape index (κ2) is 4.38. The van der Waals surface area contributed by atoms with Gasteiger partial charge in [-0.05, 0) is 24.6 Å².